The molecule has 0 radical (unpaired) electrons. The Kier molecular flexibility index (Phi) is 8.56. The second-order valence-electron chi connectivity index (χ2n) is 12.2. The summed E-state index contributed by atoms with van der Waals surface area (Å²) in [6.07, 6.45) is 2.14. The molecule has 49 heavy (non-hydrogen) atoms. The van der Waals surface area contributed by atoms with E-state index in [-0.39, 0.29) is 73.4 Å². The molecular weight excluding hydrogens is 682 g/mol. The number of aromatic carboxylic acids is 1. The van der Waals surface area contributed by atoms with E-state index in [1.807, 2.05) is 17.5 Å². The number of carbonyl (C=O) groups is 5. The second-order valence-corrected chi connectivity index (χ2v) is 14.3. The minimum atomic E-state index is -1.40. The number of amides is 3. The molecule has 2 aromatic heterocycles. The van der Waals surface area contributed by atoms with Crippen molar-refractivity contribution in [2.75, 3.05) is 43.4 Å². The number of piperazine rings is 1. The number of anilines is 1. The molecule has 0 bridgehead atoms. The molecule has 3 aromatic rings. The van der Waals surface area contributed by atoms with Crippen LogP contribution in [0.4, 0.5) is 14.9 Å². The van der Waals surface area contributed by atoms with Gasteiger partial charge < -0.3 is 35.1 Å². The summed E-state index contributed by atoms with van der Waals surface area (Å²) in [5, 5.41) is 23.2. The highest BCUT2D eigenvalue weighted by Crippen LogP contribution is 2.48. The van der Waals surface area contributed by atoms with Crippen LogP contribution in [-0.2, 0) is 25.5 Å². The Balaban J connectivity index is 0.995. The molecule has 2 atom stereocenters. The number of rotatable bonds is 9. The minimum absolute atomic E-state index is 0.00301. The number of carbonyl (C=O) groups excluding carboxylic acids is 3. The van der Waals surface area contributed by atoms with Gasteiger partial charge >= 0.3 is 18.0 Å². The molecular formula is C32H30FN5O9S2. The van der Waals surface area contributed by atoms with Crippen molar-refractivity contribution in [2.24, 2.45) is 0 Å². The number of carboxylic acid groups (broad SMARTS) is 2. The minimum Gasteiger partial charge on any atom is -0.477 e. The number of benzene rings is 1. The number of nitrogens with zero attached hydrogens (tertiary/aromatic N) is 3. The Morgan fingerprint density at radius 2 is 1.84 bits per heavy atom. The summed E-state index contributed by atoms with van der Waals surface area (Å²) in [6, 6.07) is 3.84. The number of aromatic amines is 1. The zero-order valence-corrected chi connectivity index (χ0v) is 27.4. The number of fused-ring (bicyclic) bond motifs is 2. The third-order valence-electron chi connectivity index (χ3n) is 9.06. The molecule has 3 aliphatic heterocycles. The van der Waals surface area contributed by atoms with E-state index in [4.69, 9.17) is 4.74 Å². The average molecular weight is 712 g/mol. The summed E-state index contributed by atoms with van der Waals surface area (Å²) in [5.41, 5.74) is 0.0923. The van der Waals surface area contributed by atoms with Crippen molar-refractivity contribution < 1.29 is 43.3 Å². The molecule has 17 heteroatoms. The third-order valence-corrected chi connectivity index (χ3v) is 11.3. The van der Waals surface area contributed by atoms with Gasteiger partial charge in [-0.3, -0.25) is 19.3 Å². The van der Waals surface area contributed by atoms with Gasteiger partial charge in [0.05, 0.1) is 17.6 Å². The van der Waals surface area contributed by atoms with E-state index in [9.17, 15) is 39.0 Å². The quantitative estimate of drug-likeness (QED) is 0.239. The summed E-state index contributed by atoms with van der Waals surface area (Å²) in [4.78, 5) is 83.1. The molecule has 7 rings (SSSR count). The van der Waals surface area contributed by atoms with E-state index in [1.54, 1.807) is 4.90 Å². The zero-order chi connectivity index (χ0) is 34.6. The van der Waals surface area contributed by atoms with Gasteiger partial charge in [0.25, 0.3) is 5.91 Å². The maximum absolute atomic E-state index is 15.7. The van der Waals surface area contributed by atoms with E-state index in [0.29, 0.717) is 16.8 Å². The molecule has 4 N–H and O–H groups in total. The molecule has 5 heterocycles. The molecule has 2 saturated heterocycles. The van der Waals surface area contributed by atoms with Crippen LogP contribution in [0.1, 0.15) is 39.6 Å². The van der Waals surface area contributed by atoms with E-state index >= 15 is 4.39 Å². The van der Waals surface area contributed by atoms with Crippen LogP contribution in [0, 0.1) is 5.82 Å². The first kappa shape index (κ1) is 32.6. The molecule has 4 aliphatic rings. The molecule has 1 saturated carbocycles. The Bertz CT molecular complexity index is 1990. The number of aromatic nitrogens is 1. The fourth-order valence-corrected chi connectivity index (χ4v) is 8.57. The molecule has 256 valence electrons. The second kappa shape index (κ2) is 12.9. The topological polar surface area (TPSA) is 190 Å². The fourth-order valence-electron chi connectivity index (χ4n) is 6.54. The summed E-state index contributed by atoms with van der Waals surface area (Å²) in [7, 11) is 0. The summed E-state index contributed by atoms with van der Waals surface area (Å²) in [5.74, 6) is -4.10. The smallest absolute Gasteiger partial charge is 0.410 e. The number of β-lactam (4-membered cyclic amide) rings is 1. The van der Waals surface area contributed by atoms with Gasteiger partial charge in [0.15, 0.2) is 0 Å². The number of halogens is 1. The van der Waals surface area contributed by atoms with Gasteiger partial charge in [-0.1, -0.05) is 6.07 Å². The van der Waals surface area contributed by atoms with Crippen molar-refractivity contribution in [1.82, 2.24) is 20.1 Å². The predicted molar refractivity (Wildman–Crippen MR) is 176 cm³/mol. The lowest BCUT2D eigenvalue weighted by Crippen LogP contribution is -2.70. The van der Waals surface area contributed by atoms with Crippen molar-refractivity contribution in [1.29, 1.82) is 0 Å². The number of thioether (sulfide) groups is 1. The first-order valence-electron chi connectivity index (χ1n) is 15.5. The molecule has 1 aromatic carbocycles. The predicted octanol–water partition coefficient (Wildman–Crippen LogP) is 2.54. The van der Waals surface area contributed by atoms with E-state index in [2.05, 4.69) is 10.3 Å². The number of carboxylic acids is 2. The first-order valence-corrected chi connectivity index (χ1v) is 17.5. The SMILES string of the molecule is O=C(Cc1cccs1)N[C@@H]1C(=O)N2C(C(=O)O)=C(COC(=O)N3CCN(c4c(F)cc5c(=O)c(C(=O)O)c[nH]c5c4C4CC4)CC3)CS[C@H]12. The first-order chi connectivity index (χ1) is 23.5. The number of ether oxygens (including phenoxy) is 1. The highest BCUT2D eigenvalue weighted by Gasteiger charge is 2.54. The third kappa shape index (κ3) is 6.01. The van der Waals surface area contributed by atoms with Gasteiger partial charge in [-0.25, -0.2) is 18.8 Å². The number of H-pyrrole nitrogens is 1. The highest BCUT2D eigenvalue weighted by molar-refractivity contribution is 8.00. The molecule has 0 spiro atoms. The molecule has 1 aliphatic carbocycles. The van der Waals surface area contributed by atoms with E-state index in [1.165, 1.54) is 28.0 Å². The van der Waals surface area contributed by atoms with Crippen molar-refractivity contribution in [3.8, 4) is 0 Å². The van der Waals surface area contributed by atoms with Crippen LogP contribution in [-0.4, -0.2) is 105 Å². The molecule has 14 nitrogen and oxygen atoms in total. The normalized spacial score (nSPS) is 20.6. The largest absolute Gasteiger partial charge is 0.477 e. The molecule has 0 unspecified atom stereocenters. The number of pyridine rings is 1. The standard InChI is InChI=1S/C32H30FN5O9S2/c33-20-11-18-23(34-12-19(27(18)40)30(42)43)22(15-3-4-15)26(20)36-5-7-37(8-6-36)32(46)47-13-16-14-49-29-24(28(41)38(29)25(16)31(44)45)35-21(39)10-17-2-1-9-48-17/h1-2,9,11-12,15,24,29H,3-8,10,13-14H2,(H,34,40)(H,35,39)(H,42,43)(H,44,45)/t24-,29-/m1/s1. The van der Waals surface area contributed by atoms with Gasteiger partial charge in [-0.2, -0.15) is 0 Å². The van der Waals surface area contributed by atoms with Crippen molar-refractivity contribution in [3.05, 3.63) is 73.1 Å². The van der Waals surface area contributed by atoms with Crippen LogP contribution in [0.25, 0.3) is 10.9 Å². The maximum atomic E-state index is 15.7. The van der Waals surface area contributed by atoms with Gasteiger partial charge in [0.2, 0.25) is 11.3 Å². The van der Waals surface area contributed by atoms with Crippen LogP contribution < -0.4 is 15.6 Å². The van der Waals surface area contributed by atoms with Gasteiger partial charge in [-0.15, -0.1) is 23.1 Å². The summed E-state index contributed by atoms with van der Waals surface area (Å²) >= 11 is 2.70. The van der Waals surface area contributed by atoms with Crippen LogP contribution in [0.5, 0.6) is 0 Å². The summed E-state index contributed by atoms with van der Waals surface area (Å²) < 4.78 is 21.2. The molecule has 3 fully saturated rings. The fraction of sp³-hybridized carbons (Fsp3) is 0.375. The Hall–Kier alpha value is -4.90. The number of hydrogen-bond donors (Lipinski definition) is 4. The Morgan fingerprint density at radius 3 is 2.49 bits per heavy atom. The number of thiophene rings is 1. The van der Waals surface area contributed by atoms with Crippen LogP contribution >= 0.6 is 23.1 Å². The summed E-state index contributed by atoms with van der Waals surface area (Å²) in [6.45, 7) is 0.493. The Labute approximate surface area is 285 Å². The van der Waals surface area contributed by atoms with Gasteiger partial charge in [-0.05, 0) is 36.3 Å². The van der Waals surface area contributed by atoms with Crippen molar-refractivity contribution >= 4 is 69.5 Å². The zero-order valence-electron chi connectivity index (χ0n) is 25.8. The van der Waals surface area contributed by atoms with Crippen molar-refractivity contribution in [3.63, 3.8) is 0 Å². The van der Waals surface area contributed by atoms with Crippen LogP contribution in [0.3, 0.4) is 0 Å². The lowest BCUT2D eigenvalue weighted by Gasteiger charge is -2.49. The lowest BCUT2D eigenvalue weighted by atomic mass is 10.00. The number of hydrogen-bond acceptors (Lipinski definition) is 10. The monoisotopic (exact) mass is 711 g/mol. The van der Waals surface area contributed by atoms with Crippen LogP contribution in [0.15, 0.2) is 45.8 Å². The van der Waals surface area contributed by atoms with Crippen LogP contribution in [0.2, 0.25) is 0 Å². The van der Waals surface area contributed by atoms with Crippen molar-refractivity contribution in [2.45, 2.75) is 36.6 Å². The Morgan fingerprint density at radius 1 is 1.08 bits per heavy atom. The van der Waals surface area contributed by atoms with E-state index < -0.39 is 52.2 Å². The van der Waals surface area contributed by atoms with E-state index in [0.717, 1.165) is 34.9 Å². The lowest BCUT2D eigenvalue weighted by molar-refractivity contribution is -0.150. The molecule has 3 amide bonds. The number of nitrogens with one attached hydrogen (secondary N) is 2. The van der Waals surface area contributed by atoms with Gasteiger partial charge in [0, 0.05) is 59.5 Å². The maximum Gasteiger partial charge on any atom is 0.410 e. The number of aliphatic carboxylic acids is 1. The average Bonchev–Trinajstić information content (AvgIpc) is 3.80. The highest BCUT2D eigenvalue weighted by atomic mass is 32.2. The van der Waals surface area contributed by atoms with Gasteiger partial charge in [0.1, 0.15) is 35.1 Å².